The van der Waals surface area contributed by atoms with Gasteiger partial charge >= 0.3 is 0 Å². The number of hydrogen-bond donors (Lipinski definition) is 0. The van der Waals surface area contributed by atoms with E-state index in [0.717, 1.165) is 30.9 Å². The molecule has 0 N–H and O–H groups in total. The first-order valence-corrected chi connectivity index (χ1v) is 9.85. The molecule has 6 heteroatoms. The predicted molar refractivity (Wildman–Crippen MR) is 106 cm³/mol. The normalized spacial score (nSPS) is 16.6. The summed E-state index contributed by atoms with van der Waals surface area (Å²) in [6, 6.07) is 14.2. The highest BCUT2D eigenvalue weighted by Gasteiger charge is 2.29. The largest absolute Gasteiger partial charge is 0.494 e. The zero-order chi connectivity index (χ0) is 19.8. The van der Waals surface area contributed by atoms with Gasteiger partial charge in [0.1, 0.15) is 11.5 Å². The van der Waals surface area contributed by atoms with E-state index in [-0.39, 0.29) is 11.9 Å². The van der Waals surface area contributed by atoms with Crippen LogP contribution in [0.5, 0.6) is 5.75 Å². The Morgan fingerprint density at radius 3 is 2.86 bits per heavy atom. The molecular weight excluding hydrogens is 354 g/mol. The minimum absolute atomic E-state index is 0.0319. The summed E-state index contributed by atoms with van der Waals surface area (Å²) in [5.41, 5.74) is 1.21. The Bertz CT molecular complexity index is 780. The standard InChI is InChI=1S/C22H27N3O3/c1-2-27-19-10-8-18(9-11-19)21-7-3-13-24(21)17-22(26)25(14-5-12-23)16-20-6-4-15-28-20/h4,6,8-11,15,21H,2-3,5,7,13-14,16-17H2,1H3/t21-/m0/s1. The van der Waals surface area contributed by atoms with Gasteiger partial charge in [-0.25, -0.2) is 0 Å². The van der Waals surface area contributed by atoms with Crippen molar-refractivity contribution in [3.05, 3.63) is 54.0 Å². The smallest absolute Gasteiger partial charge is 0.237 e. The van der Waals surface area contributed by atoms with E-state index >= 15 is 0 Å². The van der Waals surface area contributed by atoms with Crippen LogP contribution in [0, 0.1) is 11.3 Å². The lowest BCUT2D eigenvalue weighted by Gasteiger charge is -2.28. The minimum atomic E-state index is 0.0319. The summed E-state index contributed by atoms with van der Waals surface area (Å²) in [4.78, 5) is 16.9. The molecule has 1 fully saturated rings. The van der Waals surface area contributed by atoms with Gasteiger partial charge < -0.3 is 14.1 Å². The highest BCUT2D eigenvalue weighted by molar-refractivity contribution is 5.78. The van der Waals surface area contributed by atoms with Crippen molar-refractivity contribution in [2.45, 2.75) is 38.8 Å². The second-order valence-corrected chi connectivity index (χ2v) is 6.93. The van der Waals surface area contributed by atoms with Gasteiger partial charge in [0.15, 0.2) is 0 Å². The summed E-state index contributed by atoms with van der Waals surface area (Å²) in [5, 5.41) is 8.93. The molecule has 2 heterocycles. The molecule has 0 unspecified atom stereocenters. The molecule has 148 valence electrons. The van der Waals surface area contributed by atoms with Gasteiger partial charge in [-0.3, -0.25) is 9.69 Å². The number of hydrogen-bond acceptors (Lipinski definition) is 5. The van der Waals surface area contributed by atoms with E-state index in [1.807, 2.05) is 31.2 Å². The molecule has 0 aliphatic carbocycles. The van der Waals surface area contributed by atoms with Gasteiger partial charge in [0.2, 0.25) is 5.91 Å². The molecule has 0 bridgehead atoms. The SMILES string of the molecule is CCOc1ccc([C@@H]2CCCN2CC(=O)N(CCC#N)Cc2ccco2)cc1. The molecule has 1 amide bonds. The lowest BCUT2D eigenvalue weighted by atomic mass is 10.0. The molecule has 2 aromatic rings. The number of furan rings is 1. The van der Waals surface area contributed by atoms with E-state index in [4.69, 9.17) is 14.4 Å². The first-order chi connectivity index (χ1) is 13.7. The Labute approximate surface area is 166 Å². The highest BCUT2D eigenvalue weighted by atomic mass is 16.5. The monoisotopic (exact) mass is 381 g/mol. The van der Waals surface area contributed by atoms with Crippen LogP contribution < -0.4 is 4.74 Å². The third-order valence-corrected chi connectivity index (χ3v) is 5.05. The Morgan fingerprint density at radius 2 is 2.18 bits per heavy atom. The lowest BCUT2D eigenvalue weighted by molar-refractivity contribution is -0.133. The van der Waals surface area contributed by atoms with E-state index in [1.54, 1.807) is 11.2 Å². The van der Waals surface area contributed by atoms with Crippen molar-refractivity contribution in [1.29, 1.82) is 5.26 Å². The van der Waals surface area contributed by atoms with Crippen LogP contribution in [0.25, 0.3) is 0 Å². The molecular formula is C22H27N3O3. The summed E-state index contributed by atoms with van der Waals surface area (Å²) in [6.45, 7) is 4.68. The van der Waals surface area contributed by atoms with Crippen LogP contribution in [-0.4, -0.2) is 41.9 Å². The summed E-state index contributed by atoms with van der Waals surface area (Å²) in [6.07, 6.45) is 4.03. The second-order valence-electron chi connectivity index (χ2n) is 6.93. The average Bonchev–Trinajstić information content (AvgIpc) is 3.38. The van der Waals surface area contributed by atoms with E-state index in [1.165, 1.54) is 5.56 Å². The fourth-order valence-corrected chi connectivity index (χ4v) is 3.69. The van der Waals surface area contributed by atoms with Crippen molar-refractivity contribution in [3.8, 4) is 11.8 Å². The maximum absolute atomic E-state index is 13.0. The van der Waals surface area contributed by atoms with Crippen molar-refractivity contribution < 1.29 is 13.9 Å². The van der Waals surface area contributed by atoms with Crippen LogP contribution >= 0.6 is 0 Å². The molecule has 1 aromatic carbocycles. The number of likely N-dealkylation sites (tertiary alicyclic amines) is 1. The number of amides is 1. The Morgan fingerprint density at radius 1 is 1.36 bits per heavy atom. The Hall–Kier alpha value is -2.78. The van der Waals surface area contributed by atoms with Gasteiger partial charge in [-0.1, -0.05) is 12.1 Å². The maximum atomic E-state index is 13.0. The zero-order valence-corrected chi connectivity index (χ0v) is 16.3. The van der Waals surface area contributed by atoms with E-state index in [9.17, 15) is 4.79 Å². The van der Waals surface area contributed by atoms with Crippen molar-refractivity contribution in [3.63, 3.8) is 0 Å². The van der Waals surface area contributed by atoms with Gasteiger partial charge in [0.05, 0.1) is 38.4 Å². The van der Waals surface area contributed by atoms with Crippen LogP contribution in [0.15, 0.2) is 47.1 Å². The lowest BCUT2D eigenvalue weighted by Crippen LogP contribution is -2.40. The number of nitriles is 1. The maximum Gasteiger partial charge on any atom is 0.237 e. The van der Waals surface area contributed by atoms with Crippen molar-refractivity contribution in [1.82, 2.24) is 9.80 Å². The molecule has 0 radical (unpaired) electrons. The molecule has 3 rings (SSSR count). The second kappa shape index (κ2) is 9.95. The first kappa shape index (κ1) is 20.0. The molecule has 1 aromatic heterocycles. The third kappa shape index (κ3) is 5.14. The predicted octanol–water partition coefficient (Wildman–Crippen LogP) is 3.76. The topological polar surface area (TPSA) is 69.7 Å². The molecule has 1 saturated heterocycles. The third-order valence-electron chi connectivity index (χ3n) is 5.05. The molecule has 1 aliphatic rings. The van der Waals surface area contributed by atoms with Gasteiger partial charge in [0, 0.05) is 12.6 Å². The van der Waals surface area contributed by atoms with E-state index in [2.05, 4.69) is 23.1 Å². The minimum Gasteiger partial charge on any atom is -0.494 e. The summed E-state index contributed by atoms with van der Waals surface area (Å²) >= 11 is 0. The van der Waals surface area contributed by atoms with Gasteiger partial charge in [-0.15, -0.1) is 0 Å². The van der Waals surface area contributed by atoms with Gasteiger partial charge in [0.25, 0.3) is 0 Å². The molecule has 1 atom stereocenters. The number of carbonyl (C=O) groups excluding carboxylic acids is 1. The average molecular weight is 381 g/mol. The molecule has 0 spiro atoms. The van der Waals surface area contributed by atoms with Crippen LogP contribution in [-0.2, 0) is 11.3 Å². The van der Waals surface area contributed by atoms with Crippen molar-refractivity contribution in [2.75, 3.05) is 26.2 Å². The molecule has 0 saturated carbocycles. The number of carbonyl (C=O) groups is 1. The Kier molecular flexibility index (Phi) is 7.10. The molecule has 28 heavy (non-hydrogen) atoms. The van der Waals surface area contributed by atoms with Crippen molar-refractivity contribution in [2.24, 2.45) is 0 Å². The van der Waals surface area contributed by atoms with E-state index in [0.29, 0.717) is 32.7 Å². The van der Waals surface area contributed by atoms with Crippen molar-refractivity contribution >= 4 is 5.91 Å². The van der Waals surface area contributed by atoms with Crippen LogP contribution in [0.4, 0.5) is 0 Å². The number of rotatable bonds is 9. The summed E-state index contributed by atoms with van der Waals surface area (Å²) in [7, 11) is 0. The van der Waals surface area contributed by atoms with Crippen LogP contribution in [0.3, 0.4) is 0 Å². The van der Waals surface area contributed by atoms with Gasteiger partial charge in [-0.2, -0.15) is 5.26 Å². The fourth-order valence-electron chi connectivity index (χ4n) is 3.69. The first-order valence-electron chi connectivity index (χ1n) is 9.85. The van der Waals surface area contributed by atoms with Gasteiger partial charge in [-0.05, 0) is 56.1 Å². The number of ether oxygens (including phenoxy) is 1. The fraction of sp³-hybridized carbons (Fsp3) is 0.455. The number of nitrogens with zero attached hydrogens (tertiary/aromatic N) is 3. The van der Waals surface area contributed by atoms with Crippen LogP contribution in [0.2, 0.25) is 0 Å². The van der Waals surface area contributed by atoms with Crippen LogP contribution in [0.1, 0.15) is 43.6 Å². The summed E-state index contributed by atoms with van der Waals surface area (Å²) < 4.78 is 10.9. The molecule has 6 nitrogen and oxygen atoms in total. The quantitative estimate of drug-likeness (QED) is 0.661. The Balaban J connectivity index is 1.65. The number of benzene rings is 1. The zero-order valence-electron chi connectivity index (χ0n) is 16.3. The van der Waals surface area contributed by atoms with E-state index < -0.39 is 0 Å². The summed E-state index contributed by atoms with van der Waals surface area (Å²) in [5.74, 6) is 1.63. The highest BCUT2D eigenvalue weighted by Crippen LogP contribution is 2.32. The molecule has 1 aliphatic heterocycles.